The molecule has 2 rings (SSSR count). The third-order valence-corrected chi connectivity index (χ3v) is 3.93. The van der Waals surface area contributed by atoms with Crippen LogP contribution in [0.25, 0.3) is 0 Å². The molecule has 0 amide bonds. The first-order chi connectivity index (χ1) is 9.33. The molecular weight excluding hydrogens is 238 g/mol. The Morgan fingerprint density at radius 1 is 1.05 bits per heavy atom. The molecule has 0 aliphatic heterocycles. The number of methoxy groups -OCH3 is 2. The molecule has 1 fully saturated rings. The van der Waals surface area contributed by atoms with Gasteiger partial charge in [0.1, 0.15) is 11.5 Å². The molecule has 0 unspecified atom stereocenters. The first-order valence-corrected chi connectivity index (χ1v) is 7.28. The molecule has 3 heteroatoms. The predicted octanol–water partition coefficient (Wildman–Crippen LogP) is 3.52. The number of rotatable bonds is 5. The van der Waals surface area contributed by atoms with Crippen LogP contribution in [0.5, 0.6) is 11.5 Å². The van der Waals surface area contributed by atoms with Gasteiger partial charge in [-0.15, -0.1) is 0 Å². The van der Waals surface area contributed by atoms with Crippen molar-refractivity contribution < 1.29 is 9.47 Å². The fourth-order valence-corrected chi connectivity index (χ4v) is 2.74. The van der Waals surface area contributed by atoms with Crippen molar-refractivity contribution in [2.24, 2.45) is 0 Å². The van der Waals surface area contributed by atoms with Crippen LogP contribution in [0.2, 0.25) is 0 Å². The average molecular weight is 263 g/mol. The molecular formula is C16H25NO2. The van der Waals surface area contributed by atoms with E-state index in [0.717, 1.165) is 18.0 Å². The van der Waals surface area contributed by atoms with Gasteiger partial charge in [-0.3, -0.25) is 0 Å². The van der Waals surface area contributed by atoms with Crippen LogP contribution in [-0.2, 0) is 6.54 Å². The first kappa shape index (κ1) is 14.2. The zero-order valence-corrected chi connectivity index (χ0v) is 12.1. The van der Waals surface area contributed by atoms with Crippen LogP contribution in [0.15, 0.2) is 18.2 Å². The van der Waals surface area contributed by atoms with E-state index < -0.39 is 0 Å². The van der Waals surface area contributed by atoms with Gasteiger partial charge in [-0.2, -0.15) is 0 Å². The Balaban J connectivity index is 1.94. The molecule has 1 saturated carbocycles. The summed E-state index contributed by atoms with van der Waals surface area (Å²) in [6.07, 6.45) is 8.11. The fourth-order valence-electron chi connectivity index (χ4n) is 2.74. The summed E-state index contributed by atoms with van der Waals surface area (Å²) in [4.78, 5) is 0. The maximum Gasteiger partial charge on any atom is 0.127 e. The Labute approximate surface area is 116 Å². The third kappa shape index (κ3) is 4.13. The summed E-state index contributed by atoms with van der Waals surface area (Å²) in [7, 11) is 3.39. The molecule has 3 nitrogen and oxygen atoms in total. The van der Waals surface area contributed by atoms with Crippen molar-refractivity contribution in [3.63, 3.8) is 0 Å². The van der Waals surface area contributed by atoms with Gasteiger partial charge in [-0.1, -0.05) is 31.7 Å². The molecule has 106 valence electrons. The van der Waals surface area contributed by atoms with Gasteiger partial charge >= 0.3 is 0 Å². The van der Waals surface area contributed by atoms with Crippen molar-refractivity contribution in [1.29, 1.82) is 0 Å². The van der Waals surface area contributed by atoms with Crippen LogP contribution in [0.4, 0.5) is 0 Å². The summed E-state index contributed by atoms with van der Waals surface area (Å²) < 4.78 is 10.7. The summed E-state index contributed by atoms with van der Waals surface area (Å²) in [5.41, 5.74) is 1.20. The highest BCUT2D eigenvalue weighted by Gasteiger charge is 2.12. The van der Waals surface area contributed by atoms with E-state index in [1.165, 1.54) is 44.1 Å². The molecule has 0 saturated heterocycles. The Bertz CT molecular complexity index is 384. The SMILES string of the molecule is COc1ccc(CNC2CCCCCC2)c(OC)c1. The maximum atomic E-state index is 5.43. The number of benzene rings is 1. The second kappa shape index (κ2) is 7.39. The van der Waals surface area contributed by atoms with E-state index in [2.05, 4.69) is 11.4 Å². The van der Waals surface area contributed by atoms with Crippen LogP contribution in [0.1, 0.15) is 44.1 Å². The van der Waals surface area contributed by atoms with Crippen molar-refractivity contribution in [3.05, 3.63) is 23.8 Å². The van der Waals surface area contributed by atoms with E-state index in [1.807, 2.05) is 12.1 Å². The molecule has 0 heterocycles. The Hall–Kier alpha value is -1.22. The Morgan fingerprint density at radius 3 is 2.42 bits per heavy atom. The van der Waals surface area contributed by atoms with E-state index >= 15 is 0 Å². The third-order valence-electron chi connectivity index (χ3n) is 3.93. The summed E-state index contributed by atoms with van der Waals surface area (Å²) in [5, 5.41) is 3.67. The monoisotopic (exact) mass is 263 g/mol. The maximum absolute atomic E-state index is 5.43. The lowest BCUT2D eigenvalue weighted by Gasteiger charge is -2.17. The van der Waals surface area contributed by atoms with Gasteiger partial charge in [0.05, 0.1) is 14.2 Å². The van der Waals surface area contributed by atoms with E-state index in [9.17, 15) is 0 Å². The second-order valence-electron chi connectivity index (χ2n) is 5.25. The van der Waals surface area contributed by atoms with Gasteiger partial charge in [0.25, 0.3) is 0 Å². The standard InChI is InChI=1S/C16H25NO2/c1-18-15-10-9-13(16(11-15)19-2)12-17-14-7-5-3-4-6-8-14/h9-11,14,17H,3-8,12H2,1-2H3. The normalized spacial score (nSPS) is 16.9. The van der Waals surface area contributed by atoms with Crippen molar-refractivity contribution in [1.82, 2.24) is 5.32 Å². The highest BCUT2D eigenvalue weighted by molar-refractivity contribution is 5.40. The van der Waals surface area contributed by atoms with Gasteiger partial charge in [0.2, 0.25) is 0 Å². The van der Waals surface area contributed by atoms with E-state index in [4.69, 9.17) is 9.47 Å². The van der Waals surface area contributed by atoms with E-state index in [0.29, 0.717) is 6.04 Å². The van der Waals surface area contributed by atoms with Gasteiger partial charge in [-0.05, 0) is 18.9 Å². The van der Waals surface area contributed by atoms with Crippen LogP contribution < -0.4 is 14.8 Å². The summed E-state index contributed by atoms with van der Waals surface area (Å²) >= 11 is 0. The predicted molar refractivity (Wildman–Crippen MR) is 77.9 cm³/mol. The molecule has 1 aromatic carbocycles. The highest BCUT2D eigenvalue weighted by atomic mass is 16.5. The number of hydrogen-bond acceptors (Lipinski definition) is 3. The minimum Gasteiger partial charge on any atom is -0.497 e. The summed E-state index contributed by atoms with van der Waals surface area (Å²) in [6.45, 7) is 0.873. The lowest BCUT2D eigenvalue weighted by atomic mass is 10.1. The van der Waals surface area contributed by atoms with Crippen LogP contribution in [-0.4, -0.2) is 20.3 Å². The largest absolute Gasteiger partial charge is 0.497 e. The smallest absolute Gasteiger partial charge is 0.127 e. The quantitative estimate of drug-likeness (QED) is 0.825. The zero-order chi connectivity index (χ0) is 13.5. The summed E-state index contributed by atoms with van der Waals surface area (Å²) in [6, 6.07) is 6.69. The average Bonchev–Trinajstić information content (AvgIpc) is 2.73. The number of nitrogens with one attached hydrogen (secondary N) is 1. The Kier molecular flexibility index (Phi) is 5.52. The van der Waals surface area contributed by atoms with Crippen molar-refractivity contribution >= 4 is 0 Å². The van der Waals surface area contributed by atoms with Crippen LogP contribution in [0.3, 0.4) is 0 Å². The van der Waals surface area contributed by atoms with Crippen LogP contribution in [0, 0.1) is 0 Å². The van der Waals surface area contributed by atoms with Gasteiger partial charge in [0, 0.05) is 24.2 Å². The minimum absolute atomic E-state index is 0.661. The lowest BCUT2D eigenvalue weighted by Crippen LogP contribution is -2.28. The molecule has 0 atom stereocenters. The van der Waals surface area contributed by atoms with Crippen molar-refractivity contribution in [2.75, 3.05) is 14.2 Å². The van der Waals surface area contributed by atoms with Gasteiger partial charge in [-0.25, -0.2) is 0 Å². The second-order valence-corrected chi connectivity index (χ2v) is 5.25. The molecule has 0 bridgehead atoms. The molecule has 0 spiro atoms. The highest BCUT2D eigenvalue weighted by Crippen LogP contribution is 2.25. The van der Waals surface area contributed by atoms with Crippen molar-refractivity contribution in [2.45, 2.75) is 51.1 Å². The molecule has 1 aromatic rings. The molecule has 0 radical (unpaired) electrons. The zero-order valence-electron chi connectivity index (χ0n) is 12.1. The molecule has 1 aliphatic rings. The molecule has 19 heavy (non-hydrogen) atoms. The summed E-state index contributed by atoms with van der Waals surface area (Å²) in [5.74, 6) is 1.75. The van der Waals surface area contributed by atoms with Gasteiger partial charge < -0.3 is 14.8 Å². The topological polar surface area (TPSA) is 30.5 Å². The minimum atomic E-state index is 0.661. The van der Waals surface area contributed by atoms with Crippen LogP contribution >= 0.6 is 0 Å². The molecule has 0 aromatic heterocycles. The molecule has 1 N–H and O–H groups in total. The van der Waals surface area contributed by atoms with Gasteiger partial charge in [0.15, 0.2) is 0 Å². The fraction of sp³-hybridized carbons (Fsp3) is 0.625. The van der Waals surface area contributed by atoms with E-state index in [-0.39, 0.29) is 0 Å². The lowest BCUT2D eigenvalue weighted by molar-refractivity contribution is 0.386. The number of hydrogen-bond donors (Lipinski definition) is 1. The first-order valence-electron chi connectivity index (χ1n) is 7.28. The molecule has 1 aliphatic carbocycles. The van der Waals surface area contributed by atoms with Crippen molar-refractivity contribution in [3.8, 4) is 11.5 Å². The van der Waals surface area contributed by atoms with E-state index in [1.54, 1.807) is 14.2 Å². The number of ether oxygens (including phenoxy) is 2. The Morgan fingerprint density at radius 2 is 1.79 bits per heavy atom.